The molecule has 1 aliphatic heterocycles. The Morgan fingerprint density at radius 1 is 1.50 bits per heavy atom. The fraction of sp³-hybridized carbons (Fsp3) is 0.786. The molecule has 2 unspecified atom stereocenters. The molecule has 0 amide bonds. The van der Waals surface area contributed by atoms with Crippen LogP contribution in [0.4, 0.5) is 0 Å². The average Bonchev–Trinajstić information content (AvgIpc) is 3.02. The molecule has 102 valence electrons. The van der Waals surface area contributed by atoms with E-state index in [0.717, 1.165) is 39.0 Å². The van der Waals surface area contributed by atoms with Gasteiger partial charge in [-0.3, -0.25) is 4.68 Å². The Morgan fingerprint density at radius 2 is 2.39 bits per heavy atom. The fourth-order valence-corrected chi connectivity index (χ4v) is 2.60. The molecule has 0 aromatic carbocycles. The zero-order valence-electron chi connectivity index (χ0n) is 11.6. The lowest BCUT2D eigenvalue weighted by molar-refractivity contribution is 0.0754. The molecule has 0 saturated carbocycles. The first-order valence-electron chi connectivity index (χ1n) is 7.23. The smallest absolute Gasteiger partial charge is 0.0785 e. The summed E-state index contributed by atoms with van der Waals surface area (Å²) >= 11 is 0. The second kappa shape index (κ2) is 6.90. The molecule has 2 rings (SSSR count). The van der Waals surface area contributed by atoms with Crippen molar-refractivity contribution in [3.05, 3.63) is 18.0 Å². The summed E-state index contributed by atoms with van der Waals surface area (Å²) in [7, 11) is 0. The van der Waals surface area contributed by atoms with Crippen molar-refractivity contribution in [3.8, 4) is 0 Å². The van der Waals surface area contributed by atoms with Crippen LogP contribution in [-0.2, 0) is 11.3 Å². The van der Waals surface area contributed by atoms with E-state index in [2.05, 4.69) is 35.0 Å². The van der Waals surface area contributed by atoms with Gasteiger partial charge in [-0.1, -0.05) is 13.8 Å². The number of aromatic nitrogens is 2. The topological polar surface area (TPSA) is 39.1 Å². The second-order valence-electron chi connectivity index (χ2n) is 4.96. The van der Waals surface area contributed by atoms with Crippen LogP contribution in [0.2, 0.25) is 0 Å². The molecule has 1 N–H and O–H groups in total. The van der Waals surface area contributed by atoms with E-state index in [1.54, 1.807) is 0 Å². The summed E-state index contributed by atoms with van der Waals surface area (Å²) in [6.45, 7) is 7.30. The van der Waals surface area contributed by atoms with Crippen LogP contribution in [0.1, 0.15) is 51.3 Å². The van der Waals surface area contributed by atoms with Gasteiger partial charge in [-0.15, -0.1) is 0 Å². The summed E-state index contributed by atoms with van der Waals surface area (Å²) in [6, 6.07) is 2.42. The SMILES string of the molecule is CCCNC(c1ccnn1CCC)C1CCCO1. The van der Waals surface area contributed by atoms with E-state index < -0.39 is 0 Å². The Bertz CT molecular complexity index is 345. The van der Waals surface area contributed by atoms with Gasteiger partial charge in [0.1, 0.15) is 0 Å². The predicted molar refractivity (Wildman–Crippen MR) is 72.5 cm³/mol. The van der Waals surface area contributed by atoms with Gasteiger partial charge in [-0.05, 0) is 38.3 Å². The Hall–Kier alpha value is -0.870. The van der Waals surface area contributed by atoms with Gasteiger partial charge in [0.25, 0.3) is 0 Å². The van der Waals surface area contributed by atoms with Gasteiger partial charge in [-0.2, -0.15) is 5.10 Å². The number of nitrogens with zero attached hydrogens (tertiary/aromatic N) is 2. The number of rotatable bonds is 7. The van der Waals surface area contributed by atoms with Crippen LogP contribution in [0.5, 0.6) is 0 Å². The van der Waals surface area contributed by atoms with Crippen molar-refractivity contribution in [1.29, 1.82) is 0 Å². The van der Waals surface area contributed by atoms with Crippen molar-refractivity contribution in [2.24, 2.45) is 0 Å². The van der Waals surface area contributed by atoms with Gasteiger partial charge < -0.3 is 10.1 Å². The lowest BCUT2D eigenvalue weighted by atomic mass is 10.0. The number of aryl methyl sites for hydroxylation is 1. The molecule has 1 saturated heterocycles. The molecule has 1 aliphatic rings. The molecule has 1 aromatic heterocycles. The highest BCUT2D eigenvalue weighted by atomic mass is 16.5. The van der Waals surface area contributed by atoms with Crippen LogP contribution in [0.15, 0.2) is 12.3 Å². The van der Waals surface area contributed by atoms with Crippen molar-refractivity contribution in [3.63, 3.8) is 0 Å². The first-order valence-corrected chi connectivity index (χ1v) is 7.23. The van der Waals surface area contributed by atoms with Crippen molar-refractivity contribution in [2.75, 3.05) is 13.2 Å². The maximum atomic E-state index is 5.87. The minimum absolute atomic E-state index is 0.293. The quantitative estimate of drug-likeness (QED) is 0.809. The van der Waals surface area contributed by atoms with E-state index in [1.807, 2.05) is 6.20 Å². The molecule has 2 heterocycles. The Balaban J connectivity index is 2.12. The monoisotopic (exact) mass is 251 g/mol. The highest BCUT2D eigenvalue weighted by molar-refractivity contribution is 5.10. The van der Waals surface area contributed by atoms with E-state index >= 15 is 0 Å². The molecule has 1 aromatic rings. The van der Waals surface area contributed by atoms with Crippen LogP contribution >= 0.6 is 0 Å². The normalized spacial score (nSPS) is 21.3. The Kier molecular flexibility index (Phi) is 5.20. The summed E-state index contributed by atoms with van der Waals surface area (Å²) in [6.07, 6.45) is 6.80. The molecule has 0 spiro atoms. The zero-order valence-corrected chi connectivity index (χ0v) is 11.6. The van der Waals surface area contributed by atoms with Crippen LogP contribution in [0, 0.1) is 0 Å². The molecule has 0 aliphatic carbocycles. The molecule has 0 radical (unpaired) electrons. The van der Waals surface area contributed by atoms with Crippen LogP contribution in [0.25, 0.3) is 0 Å². The third kappa shape index (κ3) is 3.12. The number of hydrogen-bond donors (Lipinski definition) is 1. The minimum Gasteiger partial charge on any atom is -0.376 e. The van der Waals surface area contributed by atoms with Crippen LogP contribution < -0.4 is 5.32 Å². The van der Waals surface area contributed by atoms with Crippen LogP contribution in [0.3, 0.4) is 0 Å². The Morgan fingerprint density at radius 3 is 3.06 bits per heavy atom. The minimum atomic E-state index is 0.293. The van der Waals surface area contributed by atoms with Gasteiger partial charge >= 0.3 is 0 Å². The van der Waals surface area contributed by atoms with E-state index in [0.29, 0.717) is 12.1 Å². The van der Waals surface area contributed by atoms with Crippen molar-refractivity contribution < 1.29 is 4.74 Å². The maximum Gasteiger partial charge on any atom is 0.0785 e. The first kappa shape index (κ1) is 13.6. The molecule has 4 heteroatoms. The highest BCUT2D eigenvalue weighted by Crippen LogP contribution is 2.27. The van der Waals surface area contributed by atoms with E-state index in [-0.39, 0.29) is 0 Å². The molecule has 2 atom stereocenters. The number of ether oxygens (including phenoxy) is 1. The van der Waals surface area contributed by atoms with Crippen molar-refractivity contribution in [2.45, 2.75) is 58.2 Å². The van der Waals surface area contributed by atoms with Gasteiger partial charge in [-0.25, -0.2) is 0 Å². The summed E-state index contributed by atoms with van der Waals surface area (Å²) < 4.78 is 7.99. The molecular formula is C14H25N3O. The van der Waals surface area contributed by atoms with E-state index in [9.17, 15) is 0 Å². The standard InChI is InChI=1S/C14H25N3O/c1-3-8-15-14(13-6-5-11-18-13)12-7-9-16-17(12)10-4-2/h7,9,13-15H,3-6,8,10-11H2,1-2H3. The first-order chi connectivity index (χ1) is 8.86. The largest absolute Gasteiger partial charge is 0.376 e. The third-order valence-corrected chi connectivity index (χ3v) is 3.45. The zero-order chi connectivity index (χ0) is 12.8. The predicted octanol–water partition coefficient (Wildman–Crippen LogP) is 2.51. The van der Waals surface area contributed by atoms with Gasteiger partial charge in [0.05, 0.1) is 17.8 Å². The van der Waals surface area contributed by atoms with Crippen LogP contribution in [-0.4, -0.2) is 29.0 Å². The molecule has 18 heavy (non-hydrogen) atoms. The van der Waals surface area contributed by atoms with E-state index in [4.69, 9.17) is 4.74 Å². The number of nitrogens with one attached hydrogen (secondary N) is 1. The third-order valence-electron chi connectivity index (χ3n) is 3.45. The summed E-state index contributed by atoms with van der Waals surface area (Å²) in [5.41, 5.74) is 1.28. The lowest BCUT2D eigenvalue weighted by Crippen LogP contribution is -2.34. The number of hydrogen-bond acceptors (Lipinski definition) is 3. The fourth-order valence-electron chi connectivity index (χ4n) is 2.60. The summed E-state index contributed by atoms with van der Waals surface area (Å²) in [5.74, 6) is 0. The van der Waals surface area contributed by atoms with Gasteiger partial charge in [0.2, 0.25) is 0 Å². The molecule has 1 fully saturated rings. The lowest BCUT2D eigenvalue weighted by Gasteiger charge is -2.25. The molecule has 0 bridgehead atoms. The highest BCUT2D eigenvalue weighted by Gasteiger charge is 2.28. The molecule has 4 nitrogen and oxygen atoms in total. The van der Waals surface area contributed by atoms with Crippen molar-refractivity contribution in [1.82, 2.24) is 15.1 Å². The molecular weight excluding hydrogens is 226 g/mol. The summed E-state index contributed by atoms with van der Waals surface area (Å²) in [5, 5.41) is 8.05. The summed E-state index contributed by atoms with van der Waals surface area (Å²) in [4.78, 5) is 0. The Labute approximate surface area is 110 Å². The van der Waals surface area contributed by atoms with Gasteiger partial charge in [0.15, 0.2) is 0 Å². The van der Waals surface area contributed by atoms with Crippen molar-refractivity contribution >= 4 is 0 Å². The van der Waals surface area contributed by atoms with Gasteiger partial charge in [0, 0.05) is 19.3 Å². The average molecular weight is 251 g/mol. The maximum absolute atomic E-state index is 5.87. The van der Waals surface area contributed by atoms with E-state index in [1.165, 1.54) is 12.1 Å². The second-order valence-corrected chi connectivity index (χ2v) is 4.96.